The summed E-state index contributed by atoms with van der Waals surface area (Å²) in [7, 11) is 0. The Balaban J connectivity index is 1.55. The topological polar surface area (TPSA) is 78.3 Å². The van der Waals surface area contributed by atoms with Gasteiger partial charge >= 0.3 is 0 Å². The lowest BCUT2D eigenvalue weighted by Gasteiger charge is -2.24. The first-order valence-corrected chi connectivity index (χ1v) is 9.60. The van der Waals surface area contributed by atoms with Gasteiger partial charge in [0, 0.05) is 36.6 Å². The molecule has 0 saturated carbocycles. The molecule has 1 saturated heterocycles. The Morgan fingerprint density at radius 1 is 1.11 bits per heavy atom. The number of hydrogen-bond acceptors (Lipinski definition) is 5. The molecule has 1 aliphatic heterocycles. The molecule has 144 valence electrons. The number of carbonyl (C=O) groups is 1. The molecule has 0 spiro atoms. The fourth-order valence-electron chi connectivity index (χ4n) is 3.65. The summed E-state index contributed by atoms with van der Waals surface area (Å²) < 4.78 is 0. The van der Waals surface area contributed by atoms with E-state index < -0.39 is 5.60 Å². The number of nitrogens with one attached hydrogen (secondary N) is 1. The summed E-state index contributed by atoms with van der Waals surface area (Å²) in [5.41, 5.74) is 2.12. The van der Waals surface area contributed by atoms with Crippen molar-refractivity contribution in [3.8, 4) is 0 Å². The van der Waals surface area contributed by atoms with Crippen LogP contribution in [0.2, 0.25) is 0 Å². The van der Waals surface area contributed by atoms with Gasteiger partial charge in [0.05, 0.1) is 16.8 Å². The first kappa shape index (κ1) is 18.4. The van der Waals surface area contributed by atoms with E-state index in [0.29, 0.717) is 17.8 Å². The van der Waals surface area contributed by atoms with E-state index in [9.17, 15) is 9.90 Å². The van der Waals surface area contributed by atoms with Crippen molar-refractivity contribution >= 4 is 28.2 Å². The maximum atomic E-state index is 12.8. The summed E-state index contributed by atoms with van der Waals surface area (Å²) in [5, 5.41) is 14.2. The maximum absolute atomic E-state index is 12.8. The number of rotatable bonds is 3. The highest BCUT2D eigenvalue weighted by Crippen LogP contribution is 2.26. The predicted octanol–water partition coefficient (Wildman–Crippen LogP) is 3.62. The molecule has 1 amide bonds. The van der Waals surface area contributed by atoms with Crippen LogP contribution in [-0.4, -0.2) is 39.7 Å². The van der Waals surface area contributed by atoms with E-state index in [0.717, 1.165) is 42.5 Å². The first-order valence-electron chi connectivity index (χ1n) is 9.60. The predicted molar refractivity (Wildman–Crippen MR) is 111 cm³/mol. The zero-order valence-corrected chi connectivity index (χ0v) is 15.9. The summed E-state index contributed by atoms with van der Waals surface area (Å²) in [6, 6.07) is 13.3. The molecule has 1 atom stereocenters. The van der Waals surface area contributed by atoms with Gasteiger partial charge in [0.25, 0.3) is 5.91 Å². The molecule has 1 fully saturated rings. The number of fused-ring (bicyclic) bond motifs is 1. The molecule has 1 aromatic carbocycles. The van der Waals surface area contributed by atoms with Gasteiger partial charge < -0.3 is 15.3 Å². The second kappa shape index (κ2) is 7.56. The van der Waals surface area contributed by atoms with Crippen molar-refractivity contribution < 1.29 is 9.90 Å². The van der Waals surface area contributed by atoms with Gasteiger partial charge in [-0.2, -0.15) is 0 Å². The molecule has 4 rings (SSSR count). The minimum Gasteiger partial charge on any atom is -0.390 e. The number of anilines is 2. The fraction of sp³-hybridized carbons (Fsp3) is 0.318. The Labute approximate surface area is 164 Å². The fourth-order valence-corrected chi connectivity index (χ4v) is 3.65. The summed E-state index contributed by atoms with van der Waals surface area (Å²) in [6.45, 7) is 3.50. The highest BCUT2D eigenvalue weighted by atomic mass is 16.3. The smallest absolute Gasteiger partial charge is 0.274 e. The van der Waals surface area contributed by atoms with Crippen LogP contribution in [0, 0.1) is 0 Å². The zero-order chi connectivity index (χ0) is 19.6. The van der Waals surface area contributed by atoms with Crippen molar-refractivity contribution in [2.24, 2.45) is 0 Å². The summed E-state index contributed by atoms with van der Waals surface area (Å²) >= 11 is 0. The third-order valence-electron chi connectivity index (χ3n) is 5.29. The third kappa shape index (κ3) is 3.97. The van der Waals surface area contributed by atoms with E-state index in [1.165, 1.54) is 0 Å². The Kier molecular flexibility index (Phi) is 4.96. The van der Waals surface area contributed by atoms with Gasteiger partial charge in [-0.05, 0) is 50.5 Å². The van der Waals surface area contributed by atoms with Gasteiger partial charge in [0.1, 0.15) is 5.69 Å². The minimum absolute atomic E-state index is 0.262. The van der Waals surface area contributed by atoms with E-state index in [1.54, 1.807) is 12.4 Å². The van der Waals surface area contributed by atoms with Gasteiger partial charge in [-0.25, -0.2) is 0 Å². The maximum Gasteiger partial charge on any atom is 0.274 e. The van der Waals surface area contributed by atoms with Crippen LogP contribution in [0.3, 0.4) is 0 Å². The van der Waals surface area contributed by atoms with Crippen molar-refractivity contribution in [3.63, 3.8) is 0 Å². The summed E-state index contributed by atoms with van der Waals surface area (Å²) in [6.07, 6.45) is 5.78. The average Bonchev–Trinajstić information content (AvgIpc) is 2.89. The van der Waals surface area contributed by atoms with Crippen LogP contribution in [0.4, 0.5) is 11.4 Å². The van der Waals surface area contributed by atoms with Crippen molar-refractivity contribution in [2.75, 3.05) is 23.3 Å². The molecule has 6 nitrogen and oxygen atoms in total. The van der Waals surface area contributed by atoms with Gasteiger partial charge in [-0.1, -0.05) is 18.2 Å². The number of benzene rings is 1. The van der Waals surface area contributed by atoms with Gasteiger partial charge in [0.15, 0.2) is 0 Å². The van der Waals surface area contributed by atoms with Crippen LogP contribution >= 0.6 is 0 Å². The minimum atomic E-state index is -0.622. The van der Waals surface area contributed by atoms with Gasteiger partial charge in [0.2, 0.25) is 0 Å². The van der Waals surface area contributed by atoms with E-state index in [-0.39, 0.29) is 5.91 Å². The molecule has 1 unspecified atom stereocenters. The molecule has 0 radical (unpaired) electrons. The molecule has 2 aromatic heterocycles. The van der Waals surface area contributed by atoms with Gasteiger partial charge in [-0.3, -0.25) is 14.8 Å². The summed E-state index contributed by atoms with van der Waals surface area (Å²) in [5.74, 6) is -0.262. The van der Waals surface area contributed by atoms with Crippen LogP contribution in [-0.2, 0) is 0 Å². The van der Waals surface area contributed by atoms with E-state index in [2.05, 4.69) is 20.2 Å². The van der Waals surface area contributed by atoms with Crippen molar-refractivity contribution in [3.05, 3.63) is 60.6 Å². The highest BCUT2D eigenvalue weighted by molar-refractivity contribution is 6.07. The molecule has 0 bridgehead atoms. The van der Waals surface area contributed by atoms with Crippen molar-refractivity contribution in [2.45, 2.75) is 31.8 Å². The summed E-state index contributed by atoms with van der Waals surface area (Å²) in [4.78, 5) is 23.6. The van der Waals surface area contributed by atoms with Crippen LogP contribution in [0.5, 0.6) is 0 Å². The van der Waals surface area contributed by atoms with E-state index in [4.69, 9.17) is 0 Å². The SMILES string of the molecule is CC1(O)CCCN(c2ccnc(C(=O)Nc3cccc4cccnc34)c2)CC1. The Hall–Kier alpha value is -2.99. The number of nitrogens with zero attached hydrogens (tertiary/aromatic N) is 3. The lowest BCUT2D eigenvalue weighted by molar-refractivity contribution is 0.0481. The van der Waals surface area contributed by atoms with Crippen LogP contribution in [0.1, 0.15) is 36.7 Å². The Bertz CT molecular complexity index is 997. The highest BCUT2D eigenvalue weighted by Gasteiger charge is 2.25. The molecular formula is C22H24N4O2. The Morgan fingerprint density at radius 3 is 2.86 bits per heavy atom. The number of aliphatic hydroxyl groups is 1. The molecule has 3 heterocycles. The molecule has 0 aliphatic carbocycles. The molecule has 3 aromatic rings. The number of hydrogen-bond donors (Lipinski definition) is 2. The van der Waals surface area contributed by atoms with E-state index in [1.807, 2.05) is 49.4 Å². The standard InChI is InChI=1S/C22H24N4O2/c1-22(28)9-4-13-26(14-10-22)17-8-12-23-19(15-17)21(27)25-18-7-2-5-16-6-3-11-24-20(16)18/h2-3,5-8,11-12,15,28H,4,9-10,13-14H2,1H3,(H,25,27). The number of carbonyl (C=O) groups excluding carboxylic acids is 1. The van der Waals surface area contributed by atoms with Gasteiger partial charge in [-0.15, -0.1) is 0 Å². The largest absolute Gasteiger partial charge is 0.390 e. The van der Waals surface area contributed by atoms with Crippen LogP contribution in [0.15, 0.2) is 54.9 Å². The van der Waals surface area contributed by atoms with Crippen molar-refractivity contribution in [1.29, 1.82) is 0 Å². The van der Waals surface area contributed by atoms with E-state index >= 15 is 0 Å². The lowest BCUT2D eigenvalue weighted by atomic mass is 9.98. The van der Waals surface area contributed by atoms with Crippen LogP contribution in [0.25, 0.3) is 10.9 Å². The average molecular weight is 376 g/mol. The zero-order valence-electron chi connectivity index (χ0n) is 15.9. The number of aromatic nitrogens is 2. The monoisotopic (exact) mass is 376 g/mol. The molecule has 28 heavy (non-hydrogen) atoms. The lowest BCUT2D eigenvalue weighted by Crippen LogP contribution is -2.28. The molecule has 2 N–H and O–H groups in total. The molecule has 1 aliphatic rings. The first-order chi connectivity index (χ1) is 13.5. The molecular weight excluding hydrogens is 352 g/mol. The molecule has 6 heteroatoms. The number of amides is 1. The van der Waals surface area contributed by atoms with Crippen LogP contribution < -0.4 is 10.2 Å². The van der Waals surface area contributed by atoms with Crippen molar-refractivity contribution in [1.82, 2.24) is 9.97 Å². The second-order valence-electron chi connectivity index (χ2n) is 7.57. The normalized spacial score (nSPS) is 20.0. The second-order valence-corrected chi connectivity index (χ2v) is 7.57. The number of para-hydroxylation sites is 1. The Morgan fingerprint density at radius 2 is 1.96 bits per heavy atom. The quantitative estimate of drug-likeness (QED) is 0.730. The number of pyridine rings is 2. The third-order valence-corrected chi connectivity index (χ3v) is 5.29.